The molecule has 1 aromatic heterocycles. The molecule has 1 heterocycles. The third-order valence-corrected chi connectivity index (χ3v) is 3.27. The van der Waals surface area contributed by atoms with Crippen molar-refractivity contribution in [2.75, 3.05) is 6.54 Å². The molecule has 1 aromatic rings. The lowest BCUT2D eigenvalue weighted by atomic mass is 10.2. The molecule has 0 spiro atoms. The van der Waals surface area contributed by atoms with Gasteiger partial charge in [0.15, 0.2) is 0 Å². The second-order valence-corrected chi connectivity index (χ2v) is 4.69. The van der Waals surface area contributed by atoms with Gasteiger partial charge in [0, 0.05) is 6.04 Å². The third-order valence-electron chi connectivity index (χ3n) is 3.27. The van der Waals surface area contributed by atoms with E-state index in [9.17, 15) is 4.79 Å². The van der Waals surface area contributed by atoms with Crippen LogP contribution in [0.15, 0.2) is 16.7 Å². The maximum Gasteiger partial charge on any atom is 0.338 e. The fourth-order valence-corrected chi connectivity index (χ4v) is 1.85. The van der Waals surface area contributed by atoms with Crippen molar-refractivity contribution in [1.82, 2.24) is 4.90 Å². The van der Waals surface area contributed by atoms with Gasteiger partial charge in [-0.05, 0) is 32.4 Å². The molecule has 18 heavy (non-hydrogen) atoms. The molecule has 0 saturated carbocycles. The predicted octanol–water partition coefficient (Wildman–Crippen LogP) is 3.38. The second kappa shape index (κ2) is 7.21. The Labute approximate surface area is 109 Å². The van der Waals surface area contributed by atoms with Gasteiger partial charge in [0.05, 0.1) is 12.1 Å². The molecule has 0 amide bonds. The van der Waals surface area contributed by atoms with Crippen molar-refractivity contribution in [3.05, 3.63) is 23.7 Å². The molecule has 0 radical (unpaired) electrons. The number of furan rings is 1. The molecule has 0 saturated heterocycles. The van der Waals surface area contributed by atoms with Crippen molar-refractivity contribution in [3.63, 3.8) is 0 Å². The molecular weight excluding hydrogens is 230 g/mol. The molecule has 0 aromatic carbocycles. The first kappa shape index (κ1) is 14.8. The van der Waals surface area contributed by atoms with Crippen LogP contribution in [0.4, 0.5) is 0 Å². The Morgan fingerprint density at radius 2 is 2.22 bits per heavy atom. The summed E-state index contributed by atoms with van der Waals surface area (Å²) in [4.78, 5) is 13.1. The fraction of sp³-hybridized carbons (Fsp3) is 0.643. The summed E-state index contributed by atoms with van der Waals surface area (Å²) in [6.07, 6.45) is 4.70. The lowest BCUT2D eigenvalue weighted by molar-refractivity contribution is 0.0696. The summed E-state index contributed by atoms with van der Waals surface area (Å²) in [5.74, 6) is -0.211. The average molecular weight is 253 g/mol. The number of nitrogens with zero attached hydrogens (tertiary/aromatic N) is 1. The van der Waals surface area contributed by atoms with Crippen LogP contribution < -0.4 is 0 Å². The van der Waals surface area contributed by atoms with E-state index >= 15 is 0 Å². The lowest BCUT2D eigenvalue weighted by Gasteiger charge is -2.27. The van der Waals surface area contributed by atoms with Crippen LogP contribution in [0.3, 0.4) is 0 Å². The number of aromatic carboxylic acids is 1. The number of hydrogen-bond donors (Lipinski definition) is 1. The lowest BCUT2D eigenvalue weighted by Crippen LogP contribution is -2.32. The zero-order valence-corrected chi connectivity index (χ0v) is 11.5. The molecule has 4 heteroatoms. The average Bonchev–Trinajstić information content (AvgIpc) is 2.82. The summed E-state index contributed by atoms with van der Waals surface area (Å²) in [5, 5.41) is 8.86. The summed E-state index contributed by atoms with van der Waals surface area (Å²) in [6.45, 7) is 8.23. The molecular formula is C14H23NO3. The Bertz CT molecular complexity index is 373. The van der Waals surface area contributed by atoms with Crippen LogP contribution in [-0.4, -0.2) is 28.6 Å². The van der Waals surface area contributed by atoms with E-state index in [0.29, 0.717) is 12.6 Å². The molecule has 0 fully saturated rings. The summed E-state index contributed by atoms with van der Waals surface area (Å²) >= 11 is 0. The number of unbranched alkanes of at least 4 members (excludes halogenated alkanes) is 1. The highest BCUT2D eigenvalue weighted by atomic mass is 16.4. The fourth-order valence-electron chi connectivity index (χ4n) is 1.85. The van der Waals surface area contributed by atoms with Gasteiger partial charge in [-0.15, -0.1) is 0 Å². The van der Waals surface area contributed by atoms with Crippen molar-refractivity contribution >= 4 is 5.97 Å². The number of carboxylic acids is 1. The molecule has 4 nitrogen and oxygen atoms in total. The van der Waals surface area contributed by atoms with Crippen molar-refractivity contribution in [1.29, 1.82) is 0 Å². The maximum absolute atomic E-state index is 10.8. The quantitative estimate of drug-likeness (QED) is 0.771. The number of carboxylic acid groups (broad SMARTS) is 1. The molecule has 102 valence electrons. The molecule has 0 bridgehead atoms. The van der Waals surface area contributed by atoms with Crippen molar-refractivity contribution in [2.45, 2.75) is 52.6 Å². The molecule has 0 aliphatic rings. The highest BCUT2D eigenvalue weighted by Crippen LogP contribution is 2.14. The van der Waals surface area contributed by atoms with Gasteiger partial charge >= 0.3 is 5.97 Å². The first-order valence-electron chi connectivity index (χ1n) is 6.63. The monoisotopic (exact) mass is 253 g/mol. The first-order chi connectivity index (χ1) is 8.58. The zero-order valence-electron chi connectivity index (χ0n) is 11.5. The molecule has 1 N–H and O–H groups in total. The topological polar surface area (TPSA) is 53.7 Å². The minimum atomic E-state index is -0.936. The van der Waals surface area contributed by atoms with E-state index in [4.69, 9.17) is 9.52 Å². The smallest absolute Gasteiger partial charge is 0.338 e. The molecule has 0 aliphatic heterocycles. The van der Waals surface area contributed by atoms with Crippen LogP contribution in [0, 0.1) is 0 Å². The largest absolute Gasteiger partial charge is 0.478 e. The van der Waals surface area contributed by atoms with Gasteiger partial charge in [0.25, 0.3) is 0 Å². The Hall–Kier alpha value is -1.29. The van der Waals surface area contributed by atoms with Gasteiger partial charge in [-0.25, -0.2) is 4.79 Å². The van der Waals surface area contributed by atoms with Gasteiger partial charge in [-0.1, -0.05) is 20.3 Å². The van der Waals surface area contributed by atoms with E-state index in [0.717, 1.165) is 31.6 Å². The Morgan fingerprint density at radius 3 is 2.72 bits per heavy atom. The molecule has 1 rings (SSSR count). The maximum atomic E-state index is 10.8. The summed E-state index contributed by atoms with van der Waals surface area (Å²) in [6, 6.07) is 2.10. The van der Waals surface area contributed by atoms with Crippen LogP contribution in [-0.2, 0) is 6.54 Å². The Kier molecular flexibility index (Phi) is 5.92. The van der Waals surface area contributed by atoms with Crippen LogP contribution in [0.25, 0.3) is 0 Å². The Morgan fingerprint density at radius 1 is 1.50 bits per heavy atom. The number of carbonyl (C=O) groups is 1. The van der Waals surface area contributed by atoms with Crippen molar-refractivity contribution in [3.8, 4) is 0 Å². The molecule has 1 atom stereocenters. The zero-order chi connectivity index (χ0) is 13.5. The van der Waals surface area contributed by atoms with Gasteiger partial charge in [-0.3, -0.25) is 4.90 Å². The standard InChI is InChI=1S/C14H23NO3/c1-4-6-7-15(11(3)5-2)9-13-8-12(10-18-13)14(16)17/h8,10-11H,4-7,9H2,1-3H3,(H,16,17). The van der Waals surface area contributed by atoms with Gasteiger partial charge in [-0.2, -0.15) is 0 Å². The minimum absolute atomic E-state index is 0.226. The van der Waals surface area contributed by atoms with E-state index in [-0.39, 0.29) is 5.56 Å². The predicted molar refractivity (Wildman–Crippen MR) is 70.7 cm³/mol. The van der Waals surface area contributed by atoms with Crippen molar-refractivity contribution < 1.29 is 14.3 Å². The van der Waals surface area contributed by atoms with Crippen molar-refractivity contribution in [2.24, 2.45) is 0 Å². The first-order valence-corrected chi connectivity index (χ1v) is 6.63. The van der Waals surface area contributed by atoms with E-state index < -0.39 is 5.97 Å². The van der Waals surface area contributed by atoms with Gasteiger partial charge in [0.2, 0.25) is 0 Å². The van der Waals surface area contributed by atoms with Crippen LogP contribution in [0.2, 0.25) is 0 Å². The Balaban J connectivity index is 2.65. The third kappa shape index (κ3) is 4.18. The summed E-state index contributed by atoms with van der Waals surface area (Å²) in [5.41, 5.74) is 0.226. The summed E-state index contributed by atoms with van der Waals surface area (Å²) < 4.78 is 5.31. The van der Waals surface area contributed by atoms with Crippen LogP contribution in [0.1, 0.15) is 56.2 Å². The highest BCUT2D eigenvalue weighted by Gasteiger charge is 2.15. The number of hydrogen-bond acceptors (Lipinski definition) is 3. The molecule has 1 unspecified atom stereocenters. The van der Waals surface area contributed by atoms with E-state index in [1.807, 2.05) is 0 Å². The van der Waals surface area contributed by atoms with Gasteiger partial charge < -0.3 is 9.52 Å². The molecule has 0 aliphatic carbocycles. The second-order valence-electron chi connectivity index (χ2n) is 4.69. The SMILES string of the molecule is CCCCN(Cc1cc(C(=O)O)co1)C(C)CC. The van der Waals surface area contributed by atoms with Crippen LogP contribution >= 0.6 is 0 Å². The van der Waals surface area contributed by atoms with Gasteiger partial charge in [0.1, 0.15) is 12.0 Å². The van der Waals surface area contributed by atoms with E-state index in [1.54, 1.807) is 6.07 Å². The van der Waals surface area contributed by atoms with E-state index in [1.165, 1.54) is 6.26 Å². The van der Waals surface area contributed by atoms with Crippen LogP contribution in [0.5, 0.6) is 0 Å². The number of rotatable bonds is 8. The summed E-state index contributed by atoms with van der Waals surface area (Å²) in [7, 11) is 0. The normalized spacial score (nSPS) is 12.9. The minimum Gasteiger partial charge on any atom is -0.478 e. The van der Waals surface area contributed by atoms with E-state index in [2.05, 4.69) is 25.7 Å². The highest BCUT2D eigenvalue weighted by molar-refractivity contribution is 5.87.